The monoisotopic (exact) mass is 586 g/mol. The Morgan fingerprint density at radius 3 is 2.10 bits per heavy atom. The van der Waals surface area contributed by atoms with E-state index in [2.05, 4.69) is 5.32 Å². The van der Waals surface area contributed by atoms with Gasteiger partial charge in [-0.25, -0.2) is 8.78 Å². The summed E-state index contributed by atoms with van der Waals surface area (Å²) in [4.78, 5) is 64.7. The fraction of sp³-hybridized carbons (Fsp3) is 0.185. The average Bonchev–Trinajstić information content (AvgIpc) is 3.37. The van der Waals surface area contributed by atoms with Gasteiger partial charge in [-0.1, -0.05) is 23.7 Å². The molecule has 212 valence electrons. The van der Waals surface area contributed by atoms with Gasteiger partial charge in [0.15, 0.2) is 6.17 Å². The number of amides is 3. The van der Waals surface area contributed by atoms with Gasteiger partial charge in [0.25, 0.3) is 23.4 Å². The summed E-state index contributed by atoms with van der Waals surface area (Å²) in [6.07, 6.45) is -2.35. The van der Waals surface area contributed by atoms with E-state index >= 15 is 0 Å². The number of hydrogen-bond donors (Lipinski definition) is 2. The molecule has 0 aliphatic carbocycles. The number of nitro benzene ring substituents is 1. The number of nitrogens with one attached hydrogen (secondary N) is 1. The van der Waals surface area contributed by atoms with Gasteiger partial charge in [0.05, 0.1) is 17.4 Å². The van der Waals surface area contributed by atoms with Gasteiger partial charge in [-0.2, -0.15) is 0 Å². The number of carbonyl (C=O) groups is 4. The van der Waals surface area contributed by atoms with Crippen molar-refractivity contribution in [3.8, 4) is 0 Å². The Morgan fingerprint density at radius 2 is 1.54 bits per heavy atom. The van der Waals surface area contributed by atoms with Gasteiger partial charge in [0.2, 0.25) is 0 Å². The Kier molecular flexibility index (Phi) is 8.57. The van der Waals surface area contributed by atoms with Crippen LogP contribution in [0, 0.1) is 21.7 Å². The number of carboxylic acids is 1. The molecule has 0 bridgehead atoms. The van der Waals surface area contributed by atoms with E-state index in [0.29, 0.717) is 11.1 Å². The zero-order chi connectivity index (χ0) is 29.8. The molecule has 0 aromatic heterocycles. The van der Waals surface area contributed by atoms with E-state index in [1.165, 1.54) is 42.5 Å². The van der Waals surface area contributed by atoms with Gasteiger partial charge in [0, 0.05) is 47.4 Å². The molecule has 41 heavy (non-hydrogen) atoms. The molecular formula is C27H21ClF2N4O7. The molecule has 1 heterocycles. The Hall–Kier alpha value is -4.91. The second-order valence-electron chi connectivity index (χ2n) is 9.05. The molecule has 2 atom stereocenters. The van der Waals surface area contributed by atoms with E-state index in [1.807, 2.05) is 0 Å². The fourth-order valence-corrected chi connectivity index (χ4v) is 4.59. The highest BCUT2D eigenvalue weighted by Gasteiger charge is 2.44. The van der Waals surface area contributed by atoms with E-state index in [-0.39, 0.29) is 29.9 Å². The molecule has 2 N–H and O–H groups in total. The maximum atomic E-state index is 13.9. The Labute approximate surface area is 236 Å². The Balaban J connectivity index is 1.72. The van der Waals surface area contributed by atoms with Crippen molar-refractivity contribution in [1.82, 2.24) is 15.1 Å². The number of carboxylic acid groups (broad SMARTS) is 1. The van der Waals surface area contributed by atoms with Crippen LogP contribution < -0.4 is 5.32 Å². The highest BCUT2D eigenvalue weighted by atomic mass is 35.5. The number of non-ortho nitro benzene ring substituents is 1. The van der Waals surface area contributed by atoms with Crippen LogP contribution >= 0.6 is 11.6 Å². The molecule has 3 amide bonds. The first-order chi connectivity index (χ1) is 19.4. The van der Waals surface area contributed by atoms with Gasteiger partial charge < -0.3 is 20.2 Å². The van der Waals surface area contributed by atoms with Gasteiger partial charge >= 0.3 is 5.97 Å². The van der Waals surface area contributed by atoms with Crippen molar-refractivity contribution in [3.05, 3.63) is 110 Å². The summed E-state index contributed by atoms with van der Waals surface area (Å²) in [5.41, 5.74) is -0.549. The number of halogens is 3. The molecule has 1 aliphatic heterocycles. The van der Waals surface area contributed by atoms with E-state index in [4.69, 9.17) is 11.6 Å². The van der Waals surface area contributed by atoms with Crippen LogP contribution in [0.5, 0.6) is 0 Å². The van der Waals surface area contributed by atoms with Crippen LogP contribution in [-0.2, 0) is 9.59 Å². The van der Waals surface area contributed by atoms with Crippen LogP contribution in [0.3, 0.4) is 0 Å². The van der Waals surface area contributed by atoms with Gasteiger partial charge in [-0.05, 0) is 42.0 Å². The molecule has 14 heteroatoms. The summed E-state index contributed by atoms with van der Waals surface area (Å²) in [5.74, 6) is -6.03. The molecular weight excluding hydrogens is 566 g/mol. The highest BCUT2D eigenvalue weighted by molar-refractivity contribution is 6.30. The second-order valence-corrected chi connectivity index (χ2v) is 9.48. The van der Waals surface area contributed by atoms with Gasteiger partial charge in [0.1, 0.15) is 11.6 Å². The maximum absolute atomic E-state index is 13.9. The normalized spacial score (nSPS) is 15.3. The predicted molar refractivity (Wildman–Crippen MR) is 140 cm³/mol. The van der Waals surface area contributed by atoms with Crippen molar-refractivity contribution in [2.45, 2.75) is 18.6 Å². The molecule has 0 radical (unpaired) electrons. The smallest absolute Gasteiger partial charge is 0.305 e. The van der Waals surface area contributed by atoms with Crippen molar-refractivity contribution in [2.24, 2.45) is 0 Å². The summed E-state index contributed by atoms with van der Waals surface area (Å²) in [7, 11) is 0. The molecule has 11 nitrogen and oxygen atoms in total. The topological polar surface area (TPSA) is 150 Å². The van der Waals surface area contributed by atoms with Crippen LogP contribution in [0.15, 0.2) is 66.7 Å². The number of nitro groups is 1. The van der Waals surface area contributed by atoms with Crippen molar-refractivity contribution in [2.75, 3.05) is 13.1 Å². The minimum Gasteiger partial charge on any atom is -0.481 e. The molecule has 4 rings (SSSR count). The maximum Gasteiger partial charge on any atom is 0.305 e. The Morgan fingerprint density at radius 1 is 0.951 bits per heavy atom. The zero-order valence-electron chi connectivity index (χ0n) is 21.0. The summed E-state index contributed by atoms with van der Waals surface area (Å²) >= 11 is 5.91. The third kappa shape index (κ3) is 6.64. The first-order valence-electron chi connectivity index (χ1n) is 12.0. The number of rotatable bonds is 8. The summed E-state index contributed by atoms with van der Waals surface area (Å²) in [6.45, 7) is -0.349. The minimum absolute atomic E-state index is 0.0913. The van der Waals surface area contributed by atoms with E-state index < -0.39 is 64.4 Å². The second kappa shape index (κ2) is 12.1. The van der Waals surface area contributed by atoms with E-state index in [0.717, 1.165) is 28.0 Å². The SMILES string of the molecule is O=C(O)CC(NC(=O)C1N(C(=O)c2ccc(Cl)cc2)CCN1C(=O)c1cc(F)cc(F)c1)c1cccc([N+](=O)[O-])c1. The van der Waals surface area contributed by atoms with Crippen molar-refractivity contribution in [1.29, 1.82) is 0 Å². The molecule has 1 fully saturated rings. The van der Waals surface area contributed by atoms with Crippen molar-refractivity contribution >= 4 is 41.0 Å². The summed E-state index contributed by atoms with van der Waals surface area (Å²) in [5, 5.41) is 23.5. The number of nitrogens with zero attached hydrogens (tertiary/aromatic N) is 3. The summed E-state index contributed by atoms with van der Waals surface area (Å²) < 4.78 is 27.8. The molecule has 3 aromatic rings. The largest absolute Gasteiger partial charge is 0.481 e. The number of carbonyl (C=O) groups excluding carboxylic acids is 3. The molecule has 0 spiro atoms. The first-order valence-corrected chi connectivity index (χ1v) is 12.4. The lowest BCUT2D eigenvalue weighted by Gasteiger charge is -2.31. The summed E-state index contributed by atoms with van der Waals surface area (Å²) in [6, 6.07) is 11.5. The van der Waals surface area contributed by atoms with Crippen LogP contribution in [0.1, 0.15) is 38.7 Å². The van der Waals surface area contributed by atoms with Crippen molar-refractivity contribution in [3.63, 3.8) is 0 Å². The van der Waals surface area contributed by atoms with Crippen LogP contribution in [0.4, 0.5) is 14.5 Å². The molecule has 2 unspecified atom stereocenters. The molecule has 3 aromatic carbocycles. The number of aliphatic carboxylic acids is 1. The van der Waals surface area contributed by atoms with Crippen molar-refractivity contribution < 1.29 is 38.0 Å². The fourth-order valence-electron chi connectivity index (χ4n) is 4.47. The standard InChI is InChI=1S/C27H21ClF2N4O7/c28-18-6-4-15(5-7-18)26(38)32-8-9-33(27(39)17-10-19(29)13-20(30)11-17)25(32)24(37)31-22(14-23(35)36)16-2-1-3-21(12-16)34(40)41/h1-7,10-13,22,25H,8-9,14H2,(H,31,37)(H,35,36). The molecule has 1 saturated heterocycles. The lowest BCUT2D eigenvalue weighted by Crippen LogP contribution is -2.54. The Bertz CT molecular complexity index is 1520. The highest BCUT2D eigenvalue weighted by Crippen LogP contribution is 2.26. The lowest BCUT2D eigenvalue weighted by molar-refractivity contribution is -0.384. The van der Waals surface area contributed by atoms with Crippen LogP contribution in [0.25, 0.3) is 0 Å². The third-order valence-corrected chi connectivity index (χ3v) is 6.56. The number of benzene rings is 3. The first kappa shape index (κ1) is 29.1. The van der Waals surface area contributed by atoms with Crippen LogP contribution in [-0.4, -0.2) is 62.8 Å². The number of hydrogen-bond acceptors (Lipinski definition) is 6. The lowest BCUT2D eigenvalue weighted by atomic mass is 10.0. The average molecular weight is 587 g/mol. The zero-order valence-corrected chi connectivity index (χ0v) is 21.8. The third-order valence-electron chi connectivity index (χ3n) is 6.31. The molecule has 1 aliphatic rings. The minimum atomic E-state index is -1.66. The predicted octanol–water partition coefficient (Wildman–Crippen LogP) is 3.78. The van der Waals surface area contributed by atoms with E-state index in [9.17, 15) is 43.2 Å². The van der Waals surface area contributed by atoms with Gasteiger partial charge in [-0.3, -0.25) is 29.3 Å². The van der Waals surface area contributed by atoms with Gasteiger partial charge in [-0.15, -0.1) is 0 Å². The quantitative estimate of drug-likeness (QED) is 0.301. The van der Waals surface area contributed by atoms with E-state index in [1.54, 1.807) is 0 Å². The molecule has 0 saturated carbocycles. The van der Waals surface area contributed by atoms with Crippen LogP contribution in [0.2, 0.25) is 5.02 Å².